The monoisotopic (exact) mass is 405 g/mol. The van der Waals surface area contributed by atoms with Crippen molar-refractivity contribution in [3.8, 4) is 27.3 Å². The zero-order valence-electron chi connectivity index (χ0n) is 15.4. The summed E-state index contributed by atoms with van der Waals surface area (Å²) in [5, 5.41) is 4.74. The molecule has 0 aliphatic rings. The van der Waals surface area contributed by atoms with Crippen molar-refractivity contribution in [2.75, 3.05) is 12.4 Å². The fraction of sp³-hybridized carbons (Fsp3) is 0.0455. The first-order chi connectivity index (χ1) is 14.1. The van der Waals surface area contributed by atoms with E-state index in [9.17, 15) is 9.18 Å². The summed E-state index contributed by atoms with van der Waals surface area (Å²) >= 11 is 1.57. The van der Waals surface area contributed by atoms with Gasteiger partial charge in [-0.2, -0.15) is 0 Å². The molecule has 0 radical (unpaired) electrons. The topological polar surface area (TPSA) is 64.1 Å². The SMILES string of the molecule is COc1ccc(F)c(C(=O)Nc2cncc(-c3cc(-c4cccnc4)cs3)c2)c1. The minimum absolute atomic E-state index is 0.0928. The molecule has 4 aromatic rings. The van der Waals surface area contributed by atoms with Crippen LogP contribution in [0.1, 0.15) is 10.4 Å². The molecule has 1 amide bonds. The van der Waals surface area contributed by atoms with Gasteiger partial charge in [0.2, 0.25) is 0 Å². The van der Waals surface area contributed by atoms with Crippen LogP contribution in [0.3, 0.4) is 0 Å². The van der Waals surface area contributed by atoms with Gasteiger partial charge in [0.25, 0.3) is 5.91 Å². The van der Waals surface area contributed by atoms with E-state index < -0.39 is 11.7 Å². The smallest absolute Gasteiger partial charge is 0.258 e. The number of halogens is 1. The Labute approximate surface area is 170 Å². The summed E-state index contributed by atoms with van der Waals surface area (Å²) in [5.41, 5.74) is 3.33. The lowest BCUT2D eigenvalue weighted by Gasteiger charge is -2.08. The third kappa shape index (κ3) is 4.14. The number of aromatic nitrogens is 2. The molecule has 0 fully saturated rings. The van der Waals surface area contributed by atoms with E-state index in [0.29, 0.717) is 11.4 Å². The van der Waals surface area contributed by atoms with Crippen LogP contribution in [0.2, 0.25) is 0 Å². The molecule has 0 atom stereocenters. The number of hydrogen-bond donors (Lipinski definition) is 1. The van der Waals surface area contributed by atoms with Crippen molar-refractivity contribution in [3.05, 3.63) is 84.0 Å². The fourth-order valence-corrected chi connectivity index (χ4v) is 3.72. The Morgan fingerprint density at radius 3 is 2.69 bits per heavy atom. The number of ether oxygens (including phenoxy) is 1. The predicted molar refractivity (Wildman–Crippen MR) is 112 cm³/mol. The van der Waals surface area contributed by atoms with Crippen LogP contribution in [-0.4, -0.2) is 23.0 Å². The highest BCUT2D eigenvalue weighted by molar-refractivity contribution is 7.14. The third-order valence-corrected chi connectivity index (χ3v) is 5.27. The highest BCUT2D eigenvalue weighted by atomic mass is 32.1. The number of thiophene rings is 1. The standard InChI is InChI=1S/C22H16FN3O2S/c1-28-18-4-5-20(23)19(9-18)22(27)26-17-7-15(11-25-12-17)21-8-16(13-29-21)14-3-2-6-24-10-14/h2-13H,1H3,(H,26,27). The molecule has 0 aliphatic heterocycles. The summed E-state index contributed by atoms with van der Waals surface area (Å²) in [6.07, 6.45) is 6.79. The molecule has 0 bridgehead atoms. The zero-order chi connectivity index (χ0) is 20.2. The van der Waals surface area contributed by atoms with Crippen LogP contribution in [0.4, 0.5) is 10.1 Å². The van der Waals surface area contributed by atoms with Crippen LogP contribution in [0.25, 0.3) is 21.6 Å². The van der Waals surface area contributed by atoms with Gasteiger partial charge < -0.3 is 10.1 Å². The molecule has 1 N–H and O–H groups in total. The molecule has 5 nitrogen and oxygen atoms in total. The minimum atomic E-state index is -0.619. The van der Waals surface area contributed by atoms with Gasteiger partial charge in [0.05, 0.1) is 24.6 Å². The van der Waals surface area contributed by atoms with E-state index >= 15 is 0 Å². The molecular weight excluding hydrogens is 389 g/mol. The normalized spacial score (nSPS) is 10.6. The van der Waals surface area contributed by atoms with Crippen molar-refractivity contribution in [3.63, 3.8) is 0 Å². The van der Waals surface area contributed by atoms with Gasteiger partial charge in [0.15, 0.2) is 0 Å². The third-order valence-electron chi connectivity index (χ3n) is 4.29. The molecule has 0 spiro atoms. The molecule has 29 heavy (non-hydrogen) atoms. The molecule has 0 aliphatic carbocycles. The van der Waals surface area contributed by atoms with E-state index in [1.165, 1.54) is 31.5 Å². The van der Waals surface area contributed by atoms with Crippen molar-refractivity contribution >= 4 is 22.9 Å². The number of amides is 1. The molecule has 0 saturated carbocycles. The van der Waals surface area contributed by atoms with Crippen molar-refractivity contribution < 1.29 is 13.9 Å². The Bertz CT molecular complexity index is 1160. The number of carbonyl (C=O) groups is 1. The van der Waals surface area contributed by atoms with Gasteiger partial charge in [-0.1, -0.05) is 6.07 Å². The summed E-state index contributed by atoms with van der Waals surface area (Å²) in [4.78, 5) is 21.9. The van der Waals surface area contributed by atoms with Gasteiger partial charge in [0.1, 0.15) is 11.6 Å². The maximum absolute atomic E-state index is 14.0. The molecule has 3 heterocycles. The number of rotatable bonds is 5. The fourth-order valence-electron chi connectivity index (χ4n) is 2.82. The van der Waals surface area contributed by atoms with Crippen LogP contribution < -0.4 is 10.1 Å². The Balaban J connectivity index is 1.57. The van der Waals surface area contributed by atoms with Gasteiger partial charge in [-0.05, 0) is 47.3 Å². The number of methoxy groups -OCH3 is 1. The number of benzene rings is 1. The van der Waals surface area contributed by atoms with Crippen molar-refractivity contribution in [1.29, 1.82) is 0 Å². The summed E-state index contributed by atoms with van der Waals surface area (Å²) in [6, 6.07) is 11.8. The van der Waals surface area contributed by atoms with Gasteiger partial charge in [-0.3, -0.25) is 14.8 Å². The summed E-state index contributed by atoms with van der Waals surface area (Å²) in [5.74, 6) is -0.778. The van der Waals surface area contributed by atoms with E-state index in [-0.39, 0.29) is 5.56 Å². The second-order valence-corrected chi connectivity index (χ2v) is 7.11. The average molecular weight is 405 g/mol. The molecule has 4 rings (SSSR count). The Kier molecular flexibility index (Phi) is 5.31. The number of nitrogens with one attached hydrogen (secondary N) is 1. The maximum Gasteiger partial charge on any atom is 0.258 e. The number of carbonyl (C=O) groups excluding carboxylic acids is 1. The molecular formula is C22H16FN3O2S. The Hall–Kier alpha value is -3.58. The molecule has 1 aromatic carbocycles. The van der Waals surface area contributed by atoms with Crippen molar-refractivity contribution in [2.24, 2.45) is 0 Å². The average Bonchev–Trinajstić information content (AvgIpc) is 3.25. The summed E-state index contributed by atoms with van der Waals surface area (Å²) in [6.45, 7) is 0. The van der Waals surface area contributed by atoms with Crippen LogP contribution in [0.5, 0.6) is 5.75 Å². The lowest BCUT2D eigenvalue weighted by molar-refractivity contribution is 0.102. The molecule has 7 heteroatoms. The number of nitrogens with zero attached hydrogens (tertiary/aromatic N) is 2. The van der Waals surface area contributed by atoms with Gasteiger partial charge in [-0.25, -0.2) is 4.39 Å². The van der Waals surface area contributed by atoms with Crippen LogP contribution in [-0.2, 0) is 0 Å². The van der Waals surface area contributed by atoms with E-state index in [1.807, 2.05) is 35.8 Å². The second kappa shape index (κ2) is 8.20. The number of pyridine rings is 2. The number of hydrogen-bond acceptors (Lipinski definition) is 5. The van der Waals surface area contributed by atoms with Crippen LogP contribution in [0, 0.1) is 5.82 Å². The first-order valence-corrected chi connectivity index (χ1v) is 9.61. The quantitative estimate of drug-likeness (QED) is 0.491. The Morgan fingerprint density at radius 1 is 1.03 bits per heavy atom. The van der Waals surface area contributed by atoms with Crippen LogP contribution >= 0.6 is 11.3 Å². The van der Waals surface area contributed by atoms with Crippen molar-refractivity contribution in [1.82, 2.24) is 9.97 Å². The molecule has 0 saturated heterocycles. The zero-order valence-corrected chi connectivity index (χ0v) is 16.2. The molecule has 144 valence electrons. The van der Waals surface area contributed by atoms with E-state index in [1.54, 1.807) is 23.7 Å². The van der Waals surface area contributed by atoms with E-state index in [2.05, 4.69) is 15.3 Å². The maximum atomic E-state index is 14.0. The van der Waals surface area contributed by atoms with Gasteiger partial charge in [0, 0.05) is 34.6 Å². The minimum Gasteiger partial charge on any atom is -0.497 e. The highest BCUT2D eigenvalue weighted by Crippen LogP contribution is 2.33. The lowest BCUT2D eigenvalue weighted by atomic mass is 10.1. The molecule has 0 unspecified atom stereocenters. The Morgan fingerprint density at radius 2 is 1.90 bits per heavy atom. The second-order valence-electron chi connectivity index (χ2n) is 6.20. The van der Waals surface area contributed by atoms with Gasteiger partial charge >= 0.3 is 0 Å². The van der Waals surface area contributed by atoms with Crippen molar-refractivity contribution in [2.45, 2.75) is 0 Å². The van der Waals surface area contributed by atoms with Crippen LogP contribution in [0.15, 0.2) is 72.6 Å². The first-order valence-electron chi connectivity index (χ1n) is 8.73. The van der Waals surface area contributed by atoms with Gasteiger partial charge in [-0.15, -0.1) is 11.3 Å². The van der Waals surface area contributed by atoms with E-state index in [4.69, 9.17) is 4.74 Å². The largest absolute Gasteiger partial charge is 0.497 e. The summed E-state index contributed by atoms with van der Waals surface area (Å²) in [7, 11) is 1.46. The predicted octanol–water partition coefficient (Wildman–Crippen LogP) is 5.27. The van der Waals surface area contributed by atoms with E-state index in [0.717, 1.165) is 21.6 Å². The lowest BCUT2D eigenvalue weighted by Crippen LogP contribution is -2.14. The molecule has 3 aromatic heterocycles. The number of anilines is 1. The highest BCUT2D eigenvalue weighted by Gasteiger charge is 2.14. The summed E-state index contributed by atoms with van der Waals surface area (Å²) < 4.78 is 19.1. The first kappa shape index (κ1) is 18.8.